The Balaban J connectivity index is 2.35. The van der Waals surface area contributed by atoms with Gasteiger partial charge in [0.05, 0.1) is 0 Å². The van der Waals surface area contributed by atoms with Crippen molar-refractivity contribution in [3.63, 3.8) is 0 Å². The minimum Gasteiger partial charge on any atom is -0.478 e. The van der Waals surface area contributed by atoms with E-state index in [4.69, 9.17) is 9.47 Å². The van der Waals surface area contributed by atoms with Gasteiger partial charge < -0.3 is 9.47 Å². The summed E-state index contributed by atoms with van der Waals surface area (Å²) in [5.74, 6) is 0.906. The molecule has 0 amide bonds. The zero-order valence-electron chi connectivity index (χ0n) is 8.91. The molecule has 78 valence electrons. The Morgan fingerprint density at radius 2 is 2.07 bits per heavy atom. The molecule has 0 aromatic heterocycles. The van der Waals surface area contributed by atoms with Crippen molar-refractivity contribution in [2.24, 2.45) is 0 Å². The van der Waals surface area contributed by atoms with Crippen LogP contribution in [0.4, 0.5) is 0 Å². The first-order valence-electron chi connectivity index (χ1n) is 4.68. The molecule has 0 heterocycles. The molecule has 0 aliphatic heterocycles. The van der Waals surface area contributed by atoms with Crippen LogP contribution in [0.1, 0.15) is 12.5 Å². The summed E-state index contributed by atoms with van der Waals surface area (Å²) in [6, 6.07) is 7.93. The van der Waals surface area contributed by atoms with E-state index in [1.54, 1.807) is 7.11 Å². The first-order chi connectivity index (χ1) is 6.74. The minimum atomic E-state index is 0.0130. The van der Waals surface area contributed by atoms with E-state index in [0.717, 1.165) is 11.3 Å². The minimum absolute atomic E-state index is 0.0130. The molecule has 0 saturated heterocycles. The monoisotopic (exact) mass is 195 g/mol. The van der Waals surface area contributed by atoms with E-state index in [1.165, 1.54) is 0 Å². The number of aryl methyl sites for hydroxylation is 1. The Morgan fingerprint density at radius 1 is 1.36 bits per heavy atom. The van der Waals surface area contributed by atoms with E-state index in [1.807, 2.05) is 38.1 Å². The SMILES string of the molecule is COC(C)NCOc1ccccc1C. The molecule has 14 heavy (non-hydrogen) atoms. The predicted octanol–water partition coefficient (Wildman–Crippen LogP) is 1.91. The average molecular weight is 195 g/mol. The van der Waals surface area contributed by atoms with Crippen molar-refractivity contribution in [3.05, 3.63) is 29.8 Å². The summed E-state index contributed by atoms with van der Waals surface area (Å²) in [6.45, 7) is 4.41. The van der Waals surface area contributed by atoms with Crippen molar-refractivity contribution >= 4 is 0 Å². The molecule has 1 atom stereocenters. The summed E-state index contributed by atoms with van der Waals surface area (Å²) in [5, 5.41) is 3.06. The number of hydrogen-bond acceptors (Lipinski definition) is 3. The molecule has 1 aromatic carbocycles. The van der Waals surface area contributed by atoms with Gasteiger partial charge >= 0.3 is 0 Å². The van der Waals surface area contributed by atoms with Crippen LogP contribution in [-0.4, -0.2) is 20.1 Å². The summed E-state index contributed by atoms with van der Waals surface area (Å²) < 4.78 is 10.5. The van der Waals surface area contributed by atoms with E-state index in [0.29, 0.717) is 6.73 Å². The summed E-state index contributed by atoms with van der Waals surface area (Å²) >= 11 is 0. The molecule has 3 nitrogen and oxygen atoms in total. The van der Waals surface area contributed by atoms with Crippen LogP contribution in [0.25, 0.3) is 0 Å². The highest BCUT2D eigenvalue weighted by molar-refractivity contribution is 5.31. The van der Waals surface area contributed by atoms with Gasteiger partial charge in [-0.05, 0) is 25.5 Å². The third kappa shape index (κ3) is 3.36. The Bertz CT molecular complexity index is 276. The molecule has 0 aliphatic rings. The lowest BCUT2D eigenvalue weighted by Gasteiger charge is -2.13. The van der Waals surface area contributed by atoms with Crippen molar-refractivity contribution in [2.75, 3.05) is 13.8 Å². The number of methoxy groups -OCH3 is 1. The number of nitrogens with one attached hydrogen (secondary N) is 1. The van der Waals surface area contributed by atoms with Crippen molar-refractivity contribution < 1.29 is 9.47 Å². The highest BCUT2D eigenvalue weighted by atomic mass is 16.5. The Labute approximate surface area is 85.0 Å². The molecule has 1 unspecified atom stereocenters. The van der Waals surface area contributed by atoms with Crippen LogP contribution in [-0.2, 0) is 4.74 Å². The fourth-order valence-electron chi connectivity index (χ4n) is 1.04. The van der Waals surface area contributed by atoms with E-state index in [2.05, 4.69) is 5.32 Å². The van der Waals surface area contributed by atoms with Gasteiger partial charge in [0.1, 0.15) is 18.7 Å². The first-order valence-corrected chi connectivity index (χ1v) is 4.68. The van der Waals surface area contributed by atoms with Crippen LogP contribution < -0.4 is 10.1 Å². The molecule has 0 spiro atoms. The molecule has 0 saturated carbocycles. The molecule has 0 fully saturated rings. The molecule has 0 aliphatic carbocycles. The Kier molecular flexibility index (Phi) is 4.43. The van der Waals surface area contributed by atoms with E-state index in [9.17, 15) is 0 Å². The van der Waals surface area contributed by atoms with Crippen molar-refractivity contribution in [1.82, 2.24) is 5.32 Å². The molecule has 0 radical (unpaired) electrons. The number of ether oxygens (including phenoxy) is 2. The van der Waals surface area contributed by atoms with Crippen molar-refractivity contribution in [2.45, 2.75) is 20.1 Å². The fraction of sp³-hybridized carbons (Fsp3) is 0.455. The maximum absolute atomic E-state index is 5.52. The molecule has 0 bridgehead atoms. The first kappa shape index (κ1) is 11.0. The maximum Gasteiger partial charge on any atom is 0.141 e. The number of rotatable bonds is 5. The van der Waals surface area contributed by atoms with Gasteiger partial charge in [-0.3, -0.25) is 5.32 Å². The van der Waals surface area contributed by atoms with Gasteiger partial charge in [0.15, 0.2) is 0 Å². The Morgan fingerprint density at radius 3 is 2.71 bits per heavy atom. The van der Waals surface area contributed by atoms with Crippen LogP contribution in [0.2, 0.25) is 0 Å². The lowest BCUT2D eigenvalue weighted by molar-refractivity contribution is 0.0681. The standard InChI is InChI=1S/C11H17NO2/c1-9-6-4-5-7-11(9)14-8-12-10(2)13-3/h4-7,10,12H,8H2,1-3H3. The van der Waals surface area contributed by atoms with Crippen LogP contribution >= 0.6 is 0 Å². The zero-order valence-corrected chi connectivity index (χ0v) is 8.91. The molecule has 1 aromatic rings. The van der Waals surface area contributed by atoms with E-state index < -0.39 is 0 Å². The van der Waals surface area contributed by atoms with Gasteiger partial charge in [-0.2, -0.15) is 0 Å². The third-order valence-electron chi connectivity index (χ3n) is 2.05. The highest BCUT2D eigenvalue weighted by Gasteiger charge is 1.99. The van der Waals surface area contributed by atoms with Crippen LogP contribution in [0.3, 0.4) is 0 Å². The summed E-state index contributed by atoms with van der Waals surface area (Å²) in [4.78, 5) is 0. The fourth-order valence-corrected chi connectivity index (χ4v) is 1.04. The smallest absolute Gasteiger partial charge is 0.141 e. The average Bonchev–Trinajstić information content (AvgIpc) is 2.20. The van der Waals surface area contributed by atoms with Crippen LogP contribution in [0.15, 0.2) is 24.3 Å². The molecule has 1 rings (SSSR count). The normalized spacial score (nSPS) is 12.5. The molecular weight excluding hydrogens is 178 g/mol. The van der Waals surface area contributed by atoms with E-state index >= 15 is 0 Å². The van der Waals surface area contributed by atoms with Crippen LogP contribution in [0.5, 0.6) is 5.75 Å². The second-order valence-electron chi connectivity index (χ2n) is 3.14. The van der Waals surface area contributed by atoms with Crippen molar-refractivity contribution in [3.8, 4) is 5.75 Å². The largest absolute Gasteiger partial charge is 0.478 e. The molecule has 1 N–H and O–H groups in total. The zero-order chi connectivity index (χ0) is 10.4. The van der Waals surface area contributed by atoms with Crippen molar-refractivity contribution in [1.29, 1.82) is 0 Å². The quantitative estimate of drug-likeness (QED) is 0.728. The summed E-state index contributed by atoms with van der Waals surface area (Å²) in [6.07, 6.45) is 0.0130. The summed E-state index contributed by atoms with van der Waals surface area (Å²) in [5.41, 5.74) is 1.14. The van der Waals surface area contributed by atoms with Gasteiger partial charge in [-0.25, -0.2) is 0 Å². The third-order valence-corrected chi connectivity index (χ3v) is 2.05. The van der Waals surface area contributed by atoms with Gasteiger partial charge in [0, 0.05) is 7.11 Å². The second kappa shape index (κ2) is 5.62. The molecule has 3 heteroatoms. The van der Waals surface area contributed by atoms with E-state index in [-0.39, 0.29) is 6.23 Å². The van der Waals surface area contributed by atoms with Gasteiger partial charge in [0.2, 0.25) is 0 Å². The lowest BCUT2D eigenvalue weighted by atomic mass is 10.2. The van der Waals surface area contributed by atoms with Gasteiger partial charge in [-0.1, -0.05) is 18.2 Å². The summed E-state index contributed by atoms with van der Waals surface area (Å²) in [7, 11) is 1.66. The maximum atomic E-state index is 5.52. The number of para-hydroxylation sites is 1. The molecular formula is C11H17NO2. The topological polar surface area (TPSA) is 30.5 Å². The Hall–Kier alpha value is -1.06. The highest BCUT2D eigenvalue weighted by Crippen LogP contribution is 2.15. The lowest BCUT2D eigenvalue weighted by Crippen LogP contribution is -2.31. The number of hydrogen-bond donors (Lipinski definition) is 1. The second-order valence-corrected chi connectivity index (χ2v) is 3.14. The van der Waals surface area contributed by atoms with Gasteiger partial charge in [0.25, 0.3) is 0 Å². The van der Waals surface area contributed by atoms with Crippen LogP contribution in [0, 0.1) is 6.92 Å². The number of benzene rings is 1. The predicted molar refractivity (Wildman–Crippen MR) is 56.3 cm³/mol. The van der Waals surface area contributed by atoms with Gasteiger partial charge in [-0.15, -0.1) is 0 Å².